The molecular weight excluding hydrogens is 346 g/mol. The zero-order valence-corrected chi connectivity index (χ0v) is 13.7. The third kappa shape index (κ3) is 4.43. The molecule has 4 heteroatoms. The SMILES string of the molecule is CN(CC(C)(C)C)C(=O)c1cc(Br)ccc1Br. The van der Waals surface area contributed by atoms with Crippen molar-refractivity contribution in [3.05, 3.63) is 32.7 Å². The average Bonchev–Trinajstić information content (AvgIpc) is 2.18. The van der Waals surface area contributed by atoms with Gasteiger partial charge in [0, 0.05) is 22.5 Å². The first-order valence-corrected chi connectivity index (χ1v) is 7.00. The lowest BCUT2D eigenvalue weighted by molar-refractivity contribution is 0.0744. The predicted molar refractivity (Wildman–Crippen MR) is 78.3 cm³/mol. The summed E-state index contributed by atoms with van der Waals surface area (Å²) in [5.74, 6) is 0.0353. The first-order chi connectivity index (χ1) is 7.70. The molecule has 0 aliphatic heterocycles. The van der Waals surface area contributed by atoms with Crippen LogP contribution in [-0.2, 0) is 0 Å². The fourth-order valence-corrected chi connectivity index (χ4v) is 2.43. The van der Waals surface area contributed by atoms with Crippen LogP contribution in [0.4, 0.5) is 0 Å². The van der Waals surface area contributed by atoms with Crippen LogP contribution in [0.3, 0.4) is 0 Å². The molecule has 0 aliphatic rings. The number of carbonyl (C=O) groups excluding carboxylic acids is 1. The van der Waals surface area contributed by atoms with E-state index in [1.54, 1.807) is 4.90 Å². The summed E-state index contributed by atoms with van der Waals surface area (Å²) in [6, 6.07) is 5.62. The van der Waals surface area contributed by atoms with Crippen molar-refractivity contribution in [3.8, 4) is 0 Å². The van der Waals surface area contributed by atoms with Crippen molar-refractivity contribution < 1.29 is 4.79 Å². The maximum atomic E-state index is 12.3. The number of hydrogen-bond acceptors (Lipinski definition) is 1. The summed E-state index contributed by atoms with van der Waals surface area (Å²) in [6.07, 6.45) is 0. The Morgan fingerprint density at radius 2 is 1.88 bits per heavy atom. The maximum Gasteiger partial charge on any atom is 0.254 e. The van der Waals surface area contributed by atoms with Crippen LogP contribution in [0.2, 0.25) is 0 Å². The third-order valence-electron chi connectivity index (χ3n) is 2.22. The van der Waals surface area contributed by atoms with Crippen molar-refractivity contribution in [1.82, 2.24) is 4.90 Å². The fraction of sp³-hybridized carbons (Fsp3) is 0.462. The van der Waals surface area contributed by atoms with Gasteiger partial charge in [0.25, 0.3) is 5.91 Å². The first kappa shape index (κ1) is 14.7. The maximum absolute atomic E-state index is 12.3. The Morgan fingerprint density at radius 3 is 2.41 bits per heavy atom. The Morgan fingerprint density at radius 1 is 1.29 bits per heavy atom. The number of hydrogen-bond donors (Lipinski definition) is 0. The Kier molecular flexibility index (Phi) is 4.78. The quantitative estimate of drug-likeness (QED) is 0.766. The summed E-state index contributed by atoms with van der Waals surface area (Å²) in [7, 11) is 1.83. The Hall–Kier alpha value is -0.350. The molecule has 0 atom stereocenters. The highest BCUT2D eigenvalue weighted by atomic mass is 79.9. The highest BCUT2D eigenvalue weighted by Crippen LogP contribution is 2.24. The number of rotatable bonds is 2. The Balaban J connectivity index is 2.93. The minimum atomic E-state index is 0.0353. The van der Waals surface area contributed by atoms with Gasteiger partial charge in [0.1, 0.15) is 0 Å². The van der Waals surface area contributed by atoms with Gasteiger partial charge in [-0.05, 0) is 39.5 Å². The topological polar surface area (TPSA) is 20.3 Å². The van der Waals surface area contributed by atoms with Gasteiger partial charge >= 0.3 is 0 Å². The van der Waals surface area contributed by atoms with Crippen LogP contribution >= 0.6 is 31.9 Å². The van der Waals surface area contributed by atoms with Crippen molar-refractivity contribution in [2.45, 2.75) is 20.8 Å². The zero-order valence-electron chi connectivity index (χ0n) is 10.6. The van der Waals surface area contributed by atoms with Crippen molar-refractivity contribution in [1.29, 1.82) is 0 Å². The largest absolute Gasteiger partial charge is 0.341 e. The molecule has 0 fully saturated rings. The van der Waals surface area contributed by atoms with E-state index in [0.29, 0.717) is 5.56 Å². The van der Waals surface area contributed by atoms with E-state index in [2.05, 4.69) is 52.6 Å². The van der Waals surface area contributed by atoms with Crippen molar-refractivity contribution in [2.75, 3.05) is 13.6 Å². The molecule has 1 aromatic rings. The second kappa shape index (κ2) is 5.53. The third-order valence-corrected chi connectivity index (χ3v) is 3.40. The molecular formula is C13H17Br2NO. The van der Waals surface area contributed by atoms with Gasteiger partial charge in [0.15, 0.2) is 0 Å². The van der Waals surface area contributed by atoms with Crippen LogP contribution in [0.1, 0.15) is 31.1 Å². The van der Waals surface area contributed by atoms with Crippen LogP contribution in [0, 0.1) is 5.41 Å². The van der Waals surface area contributed by atoms with Crippen LogP contribution in [-0.4, -0.2) is 24.4 Å². The second-order valence-electron chi connectivity index (χ2n) is 5.35. The van der Waals surface area contributed by atoms with E-state index in [1.165, 1.54) is 0 Å². The van der Waals surface area contributed by atoms with E-state index in [-0.39, 0.29) is 11.3 Å². The molecule has 0 unspecified atom stereocenters. The molecule has 0 bridgehead atoms. The molecule has 0 saturated carbocycles. The number of halogens is 2. The van der Waals surface area contributed by atoms with Crippen LogP contribution in [0.5, 0.6) is 0 Å². The van der Waals surface area contributed by atoms with Gasteiger partial charge in [0.2, 0.25) is 0 Å². The molecule has 0 radical (unpaired) electrons. The summed E-state index contributed by atoms with van der Waals surface area (Å²) >= 11 is 6.79. The van der Waals surface area contributed by atoms with E-state index in [1.807, 2.05) is 25.2 Å². The first-order valence-electron chi connectivity index (χ1n) is 5.41. The van der Waals surface area contributed by atoms with Gasteiger partial charge in [-0.1, -0.05) is 36.7 Å². The lowest BCUT2D eigenvalue weighted by Gasteiger charge is -2.27. The number of amides is 1. The molecule has 94 valence electrons. The minimum absolute atomic E-state index is 0.0353. The van der Waals surface area contributed by atoms with Crippen molar-refractivity contribution in [3.63, 3.8) is 0 Å². The summed E-state index contributed by atoms with van der Waals surface area (Å²) in [5.41, 5.74) is 0.786. The number of carbonyl (C=O) groups is 1. The fourth-order valence-electron chi connectivity index (χ4n) is 1.65. The summed E-state index contributed by atoms with van der Waals surface area (Å²) in [4.78, 5) is 14.0. The van der Waals surface area contributed by atoms with E-state index in [9.17, 15) is 4.79 Å². The molecule has 0 saturated heterocycles. The zero-order chi connectivity index (χ0) is 13.2. The van der Waals surface area contributed by atoms with E-state index in [0.717, 1.165) is 15.5 Å². The highest BCUT2D eigenvalue weighted by molar-refractivity contribution is 9.11. The van der Waals surface area contributed by atoms with Crippen LogP contribution in [0.15, 0.2) is 27.1 Å². The molecule has 0 aliphatic carbocycles. The minimum Gasteiger partial charge on any atom is -0.341 e. The summed E-state index contributed by atoms with van der Waals surface area (Å²) < 4.78 is 1.74. The average molecular weight is 363 g/mol. The highest BCUT2D eigenvalue weighted by Gasteiger charge is 2.20. The van der Waals surface area contributed by atoms with Gasteiger partial charge in [-0.25, -0.2) is 0 Å². The second-order valence-corrected chi connectivity index (χ2v) is 7.12. The molecule has 0 heterocycles. The molecule has 0 spiro atoms. The van der Waals surface area contributed by atoms with Gasteiger partial charge in [-0.15, -0.1) is 0 Å². The van der Waals surface area contributed by atoms with Crippen molar-refractivity contribution in [2.24, 2.45) is 5.41 Å². The molecule has 1 aromatic carbocycles. The molecule has 2 nitrogen and oxygen atoms in total. The van der Waals surface area contributed by atoms with Crippen LogP contribution < -0.4 is 0 Å². The monoisotopic (exact) mass is 361 g/mol. The van der Waals surface area contributed by atoms with Gasteiger partial charge < -0.3 is 4.90 Å². The molecule has 1 amide bonds. The van der Waals surface area contributed by atoms with E-state index in [4.69, 9.17) is 0 Å². The van der Waals surface area contributed by atoms with Crippen LogP contribution in [0.25, 0.3) is 0 Å². The molecule has 0 N–H and O–H groups in total. The molecule has 1 rings (SSSR count). The Bertz CT molecular complexity index is 424. The molecule has 17 heavy (non-hydrogen) atoms. The van der Waals surface area contributed by atoms with Gasteiger partial charge in [-0.2, -0.15) is 0 Å². The lowest BCUT2D eigenvalue weighted by Crippen LogP contribution is -2.34. The van der Waals surface area contributed by atoms with Gasteiger partial charge in [-0.3, -0.25) is 4.79 Å². The van der Waals surface area contributed by atoms with Gasteiger partial charge in [0.05, 0.1) is 5.56 Å². The number of benzene rings is 1. The van der Waals surface area contributed by atoms with E-state index >= 15 is 0 Å². The summed E-state index contributed by atoms with van der Waals surface area (Å²) in [6.45, 7) is 7.08. The number of nitrogens with zero attached hydrogens (tertiary/aromatic N) is 1. The molecule has 0 aromatic heterocycles. The van der Waals surface area contributed by atoms with Crippen molar-refractivity contribution >= 4 is 37.8 Å². The lowest BCUT2D eigenvalue weighted by atomic mass is 9.96. The predicted octanol–water partition coefficient (Wildman–Crippen LogP) is 4.33. The summed E-state index contributed by atoms with van der Waals surface area (Å²) in [5, 5.41) is 0. The smallest absolute Gasteiger partial charge is 0.254 e. The van der Waals surface area contributed by atoms with E-state index < -0.39 is 0 Å². The normalized spacial score (nSPS) is 11.4. The standard InChI is InChI=1S/C13H17Br2NO/c1-13(2,3)8-16(4)12(17)10-7-9(14)5-6-11(10)15/h5-7H,8H2,1-4H3. The Labute approximate surface area is 120 Å².